The van der Waals surface area contributed by atoms with Gasteiger partial charge in [-0.1, -0.05) is 19.0 Å². The lowest BCUT2D eigenvalue weighted by atomic mass is 10.2. The molecule has 20 heavy (non-hydrogen) atoms. The Kier molecular flexibility index (Phi) is 6.95. The van der Waals surface area contributed by atoms with Crippen LogP contribution in [0.3, 0.4) is 0 Å². The van der Waals surface area contributed by atoms with Crippen LogP contribution in [0.25, 0.3) is 0 Å². The van der Waals surface area contributed by atoms with Crippen LogP contribution in [0.2, 0.25) is 0 Å². The first-order valence-corrected chi connectivity index (χ1v) is 6.97. The summed E-state index contributed by atoms with van der Waals surface area (Å²) in [5.74, 6) is 1.53. The van der Waals surface area contributed by atoms with Gasteiger partial charge in [-0.25, -0.2) is 0 Å². The van der Waals surface area contributed by atoms with Gasteiger partial charge in [-0.2, -0.15) is 4.98 Å². The monoisotopic (exact) mass is 302 g/mol. The second kappa shape index (κ2) is 8.21. The molecule has 0 bridgehead atoms. The first-order chi connectivity index (χ1) is 9.15. The van der Waals surface area contributed by atoms with Gasteiger partial charge in [0.25, 0.3) is 0 Å². The number of halogens is 1. The Hall–Kier alpha value is -1.14. The number of hydrogen-bond acceptors (Lipinski definition) is 5. The van der Waals surface area contributed by atoms with Gasteiger partial charge < -0.3 is 15.2 Å². The van der Waals surface area contributed by atoms with E-state index in [1.165, 1.54) is 6.42 Å². The second-order valence-electron chi connectivity index (χ2n) is 5.30. The third-order valence-electron chi connectivity index (χ3n) is 3.27. The molecule has 1 aromatic heterocycles. The van der Waals surface area contributed by atoms with Gasteiger partial charge in [0.15, 0.2) is 5.82 Å². The van der Waals surface area contributed by atoms with Gasteiger partial charge in [0.05, 0.1) is 0 Å². The number of aryl methyl sites for hydroxylation is 1. The molecule has 2 heterocycles. The van der Waals surface area contributed by atoms with Crippen molar-refractivity contribution in [3.05, 3.63) is 11.7 Å². The van der Waals surface area contributed by atoms with Crippen LogP contribution in [0.5, 0.6) is 0 Å². The minimum Gasteiger partial charge on any atom is -0.355 e. The van der Waals surface area contributed by atoms with Crippen molar-refractivity contribution in [1.29, 1.82) is 0 Å². The Labute approximate surface area is 125 Å². The molecule has 1 atom stereocenters. The average Bonchev–Trinajstić information content (AvgIpc) is 3.05. The van der Waals surface area contributed by atoms with Crippen molar-refractivity contribution in [1.82, 2.24) is 20.8 Å². The molecule has 0 radical (unpaired) electrons. The highest BCUT2D eigenvalue weighted by molar-refractivity contribution is 5.85. The van der Waals surface area contributed by atoms with Gasteiger partial charge in [-0.05, 0) is 19.4 Å². The predicted octanol–water partition coefficient (Wildman–Crippen LogP) is 1.42. The third-order valence-corrected chi connectivity index (χ3v) is 3.27. The number of nitrogens with zero attached hydrogens (tertiary/aromatic N) is 2. The molecule has 114 valence electrons. The van der Waals surface area contributed by atoms with Crippen molar-refractivity contribution in [2.45, 2.75) is 51.5 Å². The minimum absolute atomic E-state index is 0. The Bertz CT molecular complexity index is 416. The lowest BCUT2D eigenvalue weighted by Crippen LogP contribution is -2.37. The maximum absolute atomic E-state index is 11.7. The van der Waals surface area contributed by atoms with Crippen LogP contribution in [0.4, 0.5) is 0 Å². The quantitative estimate of drug-likeness (QED) is 0.830. The topological polar surface area (TPSA) is 80.0 Å². The van der Waals surface area contributed by atoms with Crippen LogP contribution in [0.15, 0.2) is 4.52 Å². The van der Waals surface area contributed by atoms with Crippen molar-refractivity contribution in [2.75, 3.05) is 13.1 Å². The maximum atomic E-state index is 11.7. The van der Waals surface area contributed by atoms with Crippen molar-refractivity contribution < 1.29 is 9.32 Å². The van der Waals surface area contributed by atoms with Gasteiger partial charge in [0, 0.05) is 31.3 Å². The number of nitrogens with one attached hydrogen (secondary N) is 2. The Morgan fingerprint density at radius 1 is 1.55 bits per heavy atom. The SMILES string of the molecule is CC(C)c1noc(CCC(=O)NCC2CCCN2)n1.Cl. The van der Waals surface area contributed by atoms with E-state index >= 15 is 0 Å². The molecule has 0 spiro atoms. The minimum atomic E-state index is 0. The highest BCUT2D eigenvalue weighted by Gasteiger charge is 2.15. The van der Waals surface area contributed by atoms with E-state index in [2.05, 4.69) is 20.8 Å². The van der Waals surface area contributed by atoms with Gasteiger partial charge in [-0.15, -0.1) is 12.4 Å². The van der Waals surface area contributed by atoms with Crippen molar-refractivity contribution >= 4 is 18.3 Å². The standard InChI is InChI=1S/C13H22N4O2.ClH/c1-9(2)13-16-12(19-17-13)6-5-11(18)15-8-10-4-3-7-14-10;/h9-10,14H,3-8H2,1-2H3,(H,15,18);1H. The summed E-state index contributed by atoms with van der Waals surface area (Å²) in [4.78, 5) is 15.9. The van der Waals surface area contributed by atoms with E-state index < -0.39 is 0 Å². The fourth-order valence-corrected chi connectivity index (χ4v) is 2.08. The number of aromatic nitrogens is 2. The summed E-state index contributed by atoms with van der Waals surface area (Å²) in [6.45, 7) is 5.78. The summed E-state index contributed by atoms with van der Waals surface area (Å²) < 4.78 is 5.10. The van der Waals surface area contributed by atoms with Crippen molar-refractivity contribution in [2.24, 2.45) is 0 Å². The zero-order valence-electron chi connectivity index (χ0n) is 12.0. The number of amides is 1. The molecule has 0 aromatic carbocycles. The molecule has 1 aliphatic heterocycles. The van der Waals surface area contributed by atoms with Crippen LogP contribution < -0.4 is 10.6 Å². The van der Waals surface area contributed by atoms with Crippen molar-refractivity contribution in [3.8, 4) is 0 Å². The molecule has 1 aromatic rings. The molecule has 1 saturated heterocycles. The zero-order chi connectivity index (χ0) is 13.7. The van der Waals surface area contributed by atoms with Crippen LogP contribution in [-0.2, 0) is 11.2 Å². The maximum Gasteiger partial charge on any atom is 0.227 e. The second-order valence-corrected chi connectivity index (χ2v) is 5.30. The van der Waals surface area contributed by atoms with Crippen molar-refractivity contribution in [3.63, 3.8) is 0 Å². The highest BCUT2D eigenvalue weighted by atomic mass is 35.5. The molecule has 6 nitrogen and oxygen atoms in total. The van der Waals surface area contributed by atoms with E-state index in [1.807, 2.05) is 13.8 Å². The van der Waals surface area contributed by atoms with E-state index in [-0.39, 0.29) is 24.2 Å². The normalized spacial score (nSPS) is 18.1. The van der Waals surface area contributed by atoms with E-state index in [0.717, 1.165) is 13.0 Å². The van der Waals surface area contributed by atoms with Crippen LogP contribution in [0.1, 0.15) is 50.7 Å². The van der Waals surface area contributed by atoms with Crippen LogP contribution >= 0.6 is 12.4 Å². The fraction of sp³-hybridized carbons (Fsp3) is 0.769. The molecule has 1 unspecified atom stereocenters. The fourth-order valence-electron chi connectivity index (χ4n) is 2.08. The molecule has 7 heteroatoms. The molecule has 0 aliphatic carbocycles. The molecule has 2 rings (SSSR count). The van der Waals surface area contributed by atoms with E-state index in [9.17, 15) is 4.79 Å². The summed E-state index contributed by atoms with van der Waals surface area (Å²) in [7, 11) is 0. The van der Waals surface area contributed by atoms with Gasteiger partial charge in [0.2, 0.25) is 11.8 Å². The first-order valence-electron chi connectivity index (χ1n) is 6.97. The van der Waals surface area contributed by atoms with Gasteiger partial charge >= 0.3 is 0 Å². The van der Waals surface area contributed by atoms with E-state index in [4.69, 9.17) is 4.52 Å². The summed E-state index contributed by atoms with van der Waals surface area (Å²) in [5.41, 5.74) is 0. The first kappa shape index (κ1) is 16.9. The lowest BCUT2D eigenvalue weighted by molar-refractivity contribution is -0.121. The number of hydrogen-bond donors (Lipinski definition) is 2. The average molecular weight is 303 g/mol. The molecule has 2 N–H and O–H groups in total. The molecular formula is C13H23ClN4O2. The zero-order valence-corrected chi connectivity index (χ0v) is 12.8. The number of rotatable bonds is 6. The van der Waals surface area contributed by atoms with E-state index in [0.29, 0.717) is 37.1 Å². The summed E-state index contributed by atoms with van der Waals surface area (Å²) in [6.07, 6.45) is 3.23. The summed E-state index contributed by atoms with van der Waals surface area (Å²) in [6, 6.07) is 0.430. The van der Waals surface area contributed by atoms with Gasteiger partial charge in [0.1, 0.15) is 0 Å². The lowest BCUT2D eigenvalue weighted by Gasteiger charge is -2.10. The molecular weight excluding hydrogens is 280 g/mol. The molecule has 0 saturated carbocycles. The predicted molar refractivity (Wildman–Crippen MR) is 78.0 cm³/mol. The van der Waals surface area contributed by atoms with Crippen LogP contribution in [0, 0.1) is 0 Å². The van der Waals surface area contributed by atoms with Crippen LogP contribution in [-0.4, -0.2) is 35.2 Å². The summed E-state index contributed by atoms with van der Waals surface area (Å²) >= 11 is 0. The van der Waals surface area contributed by atoms with Gasteiger partial charge in [-0.3, -0.25) is 4.79 Å². The highest BCUT2D eigenvalue weighted by Crippen LogP contribution is 2.10. The Morgan fingerprint density at radius 2 is 2.35 bits per heavy atom. The molecule has 1 amide bonds. The van der Waals surface area contributed by atoms with E-state index in [1.54, 1.807) is 0 Å². The molecule has 1 fully saturated rings. The number of carbonyl (C=O) groups is 1. The largest absolute Gasteiger partial charge is 0.355 e. The smallest absolute Gasteiger partial charge is 0.227 e. The summed E-state index contributed by atoms with van der Waals surface area (Å²) in [5, 5.41) is 10.2. The Morgan fingerprint density at radius 3 is 2.95 bits per heavy atom. The number of carbonyl (C=O) groups excluding carboxylic acids is 1. The third kappa shape index (κ3) is 5.09. The molecule has 1 aliphatic rings. The Balaban J connectivity index is 0.00000200.